The molecule has 3 fully saturated rings. The fraction of sp³-hybridized carbons (Fsp3) is 0.583. The highest BCUT2D eigenvalue weighted by Gasteiger charge is 2.69. The maximum absolute atomic E-state index is 11.0. The first-order chi connectivity index (χ1) is 7.04. The van der Waals surface area contributed by atoms with Crippen LogP contribution in [0, 0.1) is 6.92 Å². The number of nitrogens with one attached hydrogen (secondary N) is 1. The summed E-state index contributed by atoms with van der Waals surface area (Å²) in [5.74, 6) is 0.104. The molecule has 1 amide bonds. The summed E-state index contributed by atoms with van der Waals surface area (Å²) in [6.07, 6.45) is 7.68. The summed E-state index contributed by atoms with van der Waals surface area (Å²) >= 11 is 0. The van der Waals surface area contributed by atoms with Crippen molar-refractivity contribution in [3.8, 4) is 0 Å². The molecule has 2 bridgehead atoms. The lowest BCUT2D eigenvalue weighted by Crippen LogP contribution is -2.78. The van der Waals surface area contributed by atoms with Gasteiger partial charge < -0.3 is 9.88 Å². The van der Waals surface area contributed by atoms with E-state index in [0.717, 1.165) is 19.3 Å². The van der Waals surface area contributed by atoms with E-state index in [1.165, 1.54) is 5.56 Å². The molecule has 0 unspecified atom stereocenters. The Labute approximate surface area is 89.5 Å². The van der Waals surface area contributed by atoms with Crippen molar-refractivity contribution < 1.29 is 4.79 Å². The number of carbonyl (C=O) groups is 1. The number of nitrogens with zero attached hydrogens (tertiary/aromatic N) is 1. The predicted octanol–water partition coefficient (Wildman–Crippen LogP) is 1.56. The van der Waals surface area contributed by atoms with Gasteiger partial charge in [0.15, 0.2) is 0 Å². The van der Waals surface area contributed by atoms with Crippen LogP contribution >= 0.6 is 0 Å². The summed E-state index contributed by atoms with van der Waals surface area (Å²) in [5, 5.41) is 3.07. The van der Waals surface area contributed by atoms with Gasteiger partial charge in [0.2, 0.25) is 5.91 Å². The van der Waals surface area contributed by atoms with Crippen molar-refractivity contribution in [2.75, 3.05) is 0 Å². The minimum Gasteiger partial charge on any atom is -0.351 e. The molecule has 0 aromatic carbocycles. The van der Waals surface area contributed by atoms with Crippen LogP contribution in [0.2, 0.25) is 0 Å². The Morgan fingerprint density at radius 3 is 2.60 bits per heavy atom. The van der Waals surface area contributed by atoms with Crippen molar-refractivity contribution in [1.82, 2.24) is 9.88 Å². The molecule has 3 aliphatic rings. The number of carbonyl (C=O) groups excluding carboxylic acids is 1. The van der Waals surface area contributed by atoms with Gasteiger partial charge >= 0.3 is 0 Å². The van der Waals surface area contributed by atoms with Crippen molar-refractivity contribution >= 4 is 5.91 Å². The summed E-state index contributed by atoms with van der Waals surface area (Å²) in [6, 6.07) is 2.14. The van der Waals surface area contributed by atoms with Gasteiger partial charge in [-0.05, 0) is 37.8 Å². The highest BCUT2D eigenvalue weighted by molar-refractivity contribution is 5.74. The fourth-order valence-electron chi connectivity index (χ4n) is 3.31. The van der Waals surface area contributed by atoms with Crippen molar-refractivity contribution in [3.63, 3.8) is 0 Å². The molecule has 0 saturated heterocycles. The monoisotopic (exact) mass is 204 g/mol. The molecular weight excluding hydrogens is 188 g/mol. The first kappa shape index (κ1) is 9.01. The molecular formula is C12H16N2O. The Kier molecular flexibility index (Phi) is 1.48. The predicted molar refractivity (Wildman–Crippen MR) is 57.5 cm³/mol. The van der Waals surface area contributed by atoms with Gasteiger partial charge in [-0.15, -0.1) is 0 Å². The lowest BCUT2D eigenvalue weighted by Gasteiger charge is -2.70. The zero-order valence-electron chi connectivity index (χ0n) is 9.21. The average molecular weight is 204 g/mol. The van der Waals surface area contributed by atoms with Crippen molar-refractivity contribution in [3.05, 3.63) is 24.0 Å². The molecule has 0 aliphatic heterocycles. The molecule has 3 saturated carbocycles. The van der Waals surface area contributed by atoms with Gasteiger partial charge in [0, 0.05) is 24.9 Å². The van der Waals surface area contributed by atoms with E-state index in [-0.39, 0.29) is 11.4 Å². The van der Waals surface area contributed by atoms with Gasteiger partial charge in [0.1, 0.15) is 0 Å². The number of amides is 1. The normalized spacial score (nSPS) is 36.7. The maximum Gasteiger partial charge on any atom is 0.217 e. The molecule has 1 aromatic heterocycles. The molecule has 0 radical (unpaired) electrons. The largest absolute Gasteiger partial charge is 0.351 e. The smallest absolute Gasteiger partial charge is 0.217 e. The third-order valence-corrected chi connectivity index (χ3v) is 3.83. The van der Waals surface area contributed by atoms with Crippen LogP contribution < -0.4 is 5.32 Å². The van der Waals surface area contributed by atoms with E-state index >= 15 is 0 Å². The summed E-state index contributed by atoms with van der Waals surface area (Å²) in [6.45, 7) is 3.72. The van der Waals surface area contributed by atoms with Crippen LogP contribution in [-0.4, -0.2) is 16.0 Å². The lowest BCUT2D eigenvalue weighted by molar-refractivity contribution is -0.154. The Bertz CT molecular complexity index is 413. The van der Waals surface area contributed by atoms with Crippen LogP contribution in [0.25, 0.3) is 0 Å². The molecule has 3 heteroatoms. The SMILES string of the molecule is CC(=O)NC12CC(n3ccc(C)c3)(C1)C2. The Balaban J connectivity index is 1.73. The minimum atomic E-state index is 0.104. The van der Waals surface area contributed by atoms with Crippen LogP contribution in [-0.2, 0) is 10.3 Å². The van der Waals surface area contributed by atoms with E-state index in [2.05, 4.69) is 35.3 Å². The second kappa shape index (κ2) is 2.46. The van der Waals surface area contributed by atoms with Crippen LogP contribution in [0.5, 0.6) is 0 Å². The van der Waals surface area contributed by atoms with Gasteiger partial charge in [-0.2, -0.15) is 0 Å². The van der Waals surface area contributed by atoms with E-state index in [4.69, 9.17) is 0 Å². The second-order valence-corrected chi connectivity index (χ2v) is 5.31. The molecule has 1 N–H and O–H groups in total. The van der Waals surface area contributed by atoms with Crippen molar-refractivity contribution in [2.45, 2.75) is 44.2 Å². The number of hydrogen-bond acceptors (Lipinski definition) is 1. The molecule has 0 spiro atoms. The summed E-state index contributed by atoms with van der Waals surface area (Å²) in [7, 11) is 0. The van der Waals surface area contributed by atoms with E-state index in [9.17, 15) is 4.79 Å². The quantitative estimate of drug-likeness (QED) is 0.779. The minimum absolute atomic E-state index is 0.104. The number of aryl methyl sites for hydroxylation is 1. The number of rotatable bonds is 2. The molecule has 1 heterocycles. The zero-order chi connectivity index (χ0) is 10.7. The van der Waals surface area contributed by atoms with E-state index < -0.39 is 0 Å². The summed E-state index contributed by atoms with van der Waals surface area (Å²) < 4.78 is 2.33. The lowest BCUT2D eigenvalue weighted by atomic mass is 9.44. The molecule has 80 valence electrons. The molecule has 3 aliphatic carbocycles. The van der Waals surface area contributed by atoms with Gasteiger partial charge in [-0.25, -0.2) is 0 Å². The Morgan fingerprint density at radius 2 is 2.13 bits per heavy atom. The van der Waals surface area contributed by atoms with Crippen LogP contribution in [0.3, 0.4) is 0 Å². The maximum atomic E-state index is 11.0. The zero-order valence-corrected chi connectivity index (χ0v) is 9.21. The number of aromatic nitrogens is 1. The van der Waals surface area contributed by atoms with E-state index in [1.807, 2.05) is 0 Å². The molecule has 15 heavy (non-hydrogen) atoms. The third kappa shape index (κ3) is 1.09. The standard InChI is InChI=1S/C12H16N2O/c1-9-3-4-14(5-9)12-6-11(7-12,8-12)13-10(2)15/h3-5H,6-8H2,1-2H3,(H,13,15). The Morgan fingerprint density at radius 1 is 1.47 bits per heavy atom. The third-order valence-electron chi connectivity index (χ3n) is 3.83. The van der Waals surface area contributed by atoms with E-state index in [0.29, 0.717) is 5.54 Å². The first-order valence-electron chi connectivity index (χ1n) is 5.48. The van der Waals surface area contributed by atoms with Crippen LogP contribution in [0.4, 0.5) is 0 Å². The van der Waals surface area contributed by atoms with Crippen LogP contribution in [0.1, 0.15) is 31.7 Å². The molecule has 1 aromatic rings. The van der Waals surface area contributed by atoms with Gasteiger partial charge in [-0.1, -0.05) is 0 Å². The van der Waals surface area contributed by atoms with Crippen molar-refractivity contribution in [1.29, 1.82) is 0 Å². The molecule has 3 nitrogen and oxygen atoms in total. The highest BCUT2D eigenvalue weighted by atomic mass is 16.1. The second-order valence-electron chi connectivity index (χ2n) is 5.31. The van der Waals surface area contributed by atoms with Gasteiger partial charge in [0.25, 0.3) is 0 Å². The van der Waals surface area contributed by atoms with E-state index in [1.54, 1.807) is 6.92 Å². The van der Waals surface area contributed by atoms with Gasteiger partial charge in [-0.3, -0.25) is 4.79 Å². The number of hydrogen-bond donors (Lipinski definition) is 1. The molecule has 4 rings (SSSR count). The first-order valence-corrected chi connectivity index (χ1v) is 5.48. The average Bonchev–Trinajstić information content (AvgIpc) is 2.40. The topological polar surface area (TPSA) is 34.0 Å². The highest BCUT2D eigenvalue weighted by Crippen LogP contribution is 2.65. The molecule has 0 atom stereocenters. The fourth-order valence-corrected chi connectivity index (χ4v) is 3.31. The van der Waals surface area contributed by atoms with Crippen LogP contribution in [0.15, 0.2) is 18.5 Å². The summed E-state index contributed by atoms with van der Waals surface area (Å²) in [5.41, 5.74) is 1.79. The summed E-state index contributed by atoms with van der Waals surface area (Å²) in [4.78, 5) is 11.0. The van der Waals surface area contributed by atoms with Crippen molar-refractivity contribution in [2.24, 2.45) is 0 Å². The Hall–Kier alpha value is -1.25. The van der Waals surface area contributed by atoms with Gasteiger partial charge in [0.05, 0.1) is 5.54 Å².